The van der Waals surface area contributed by atoms with Crippen LogP contribution < -0.4 is 15.0 Å². The van der Waals surface area contributed by atoms with Crippen molar-refractivity contribution in [2.75, 3.05) is 22.6 Å². The number of hydrogen-bond donors (Lipinski definition) is 1. The first-order valence-electron chi connectivity index (χ1n) is 10.3. The van der Waals surface area contributed by atoms with E-state index in [1.54, 1.807) is 33.7 Å². The summed E-state index contributed by atoms with van der Waals surface area (Å²) in [6.07, 6.45) is 0. The summed E-state index contributed by atoms with van der Waals surface area (Å²) in [6, 6.07) is 13.7. The normalized spacial score (nSPS) is 13.8. The minimum atomic E-state index is -0.372. The standard InChI is InChI=1S/C23H23N5O4S/c1-14(28-18-6-4-5-7-19(18)32-12-21(28)31)22-25-26-23(27(22)3)33-13-20(30)24-17-10-8-16(9-11-17)15(2)29/h4-11,14H,12-13H2,1-3H3,(H,24,30). The third-order valence-electron chi connectivity index (χ3n) is 5.28. The number of ether oxygens (including phenoxy) is 1. The van der Waals surface area contributed by atoms with E-state index in [2.05, 4.69) is 15.5 Å². The van der Waals surface area contributed by atoms with E-state index in [0.717, 1.165) is 0 Å². The van der Waals surface area contributed by atoms with Crippen LogP contribution in [0.1, 0.15) is 36.1 Å². The molecule has 9 nitrogen and oxygen atoms in total. The smallest absolute Gasteiger partial charge is 0.265 e. The maximum Gasteiger partial charge on any atom is 0.265 e. The number of nitrogens with one attached hydrogen (secondary N) is 1. The molecular weight excluding hydrogens is 442 g/mol. The molecule has 170 valence electrons. The van der Waals surface area contributed by atoms with E-state index in [0.29, 0.717) is 33.7 Å². The highest BCUT2D eigenvalue weighted by atomic mass is 32.2. The Morgan fingerprint density at radius 2 is 1.88 bits per heavy atom. The highest BCUT2D eigenvalue weighted by Gasteiger charge is 2.32. The molecule has 0 spiro atoms. The number of thioether (sulfide) groups is 1. The molecule has 33 heavy (non-hydrogen) atoms. The minimum Gasteiger partial charge on any atom is -0.482 e. The van der Waals surface area contributed by atoms with Gasteiger partial charge in [-0.15, -0.1) is 10.2 Å². The van der Waals surface area contributed by atoms with Gasteiger partial charge < -0.3 is 14.6 Å². The number of amides is 2. The van der Waals surface area contributed by atoms with Crippen molar-refractivity contribution in [2.24, 2.45) is 7.05 Å². The number of Topliss-reactive ketones (excluding diaryl/α,β-unsaturated/α-hetero) is 1. The number of rotatable bonds is 7. The second-order valence-electron chi connectivity index (χ2n) is 7.57. The van der Waals surface area contributed by atoms with Crippen molar-refractivity contribution >= 4 is 40.7 Å². The van der Waals surface area contributed by atoms with Gasteiger partial charge in [-0.1, -0.05) is 23.9 Å². The highest BCUT2D eigenvalue weighted by Crippen LogP contribution is 2.37. The average Bonchev–Trinajstić information content (AvgIpc) is 3.18. The van der Waals surface area contributed by atoms with Gasteiger partial charge in [0.05, 0.1) is 17.5 Å². The van der Waals surface area contributed by atoms with E-state index in [9.17, 15) is 14.4 Å². The number of benzene rings is 2. The molecule has 2 aromatic carbocycles. The summed E-state index contributed by atoms with van der Waals surface area (Å²) in [7, 11) is 1.81. The summed E-state index contributed by atoms with van der Waals surface area (Å²) in [5.41, 5.74) is 1.89. The first-order valence-corrected chi connectivity index (χ1v) is 11.3. The van der Waals surface area contributed by atoms with Crippen LogP contribution in [0.2, 0.25) is 0 Å². The van der Waals surface area contributed by atoms with E-state index < -0.39 is 0 Å². The molecule has 2 amide bonds. The molecule has 0 bridgehead atoms. The lowest BCUT2D eigenvalue weighted by atomic mass is 10.1. The van der Waals surface area contributed by atoms with Crippen LogP contribution in [-0.2, 0) is 16.6 Å². The summed E-state index contributed by atoms with van der Waals surface area (Å²) in [4.78, 5) is 38.0. The molecule has 0 fully saturated rings. The number of fused-ring (bicyclic) bond motifs is 1. The van der Waals surface area contributed by atoms with E-state index in [1.165, 1.54) is 18.7 Å². The van der Waals surface area contributed by atoms with Crippen molar-refractivity contribution in [1.29, 1.82) is 0 Å². The van der Waals surface area contributed by atoms with Crippen molar-refractivity contribution in [3.8, 4) is 5.75 Å². The van der Waals surface area contributed by atoms with Gasteiger partial charge in [0.15, 0.2) is 23.4 Å². The SMILES string of the molecule is CC(=O)c1ccc(NC(=O)CSc2nnc(C(C)N3C(=O)COc4ccccc43)n2C)cc1. The fraction of sp³-hybridized carbons (Fsp3) is 0.261. The summed E-state index contributed by atoms with van der Waals surface area (Å²) in [5.74, 6) is 0.988. The lowest BCUT2D eigenvalue weighted by Crippen LogP contribution is -2.41. The molecule has 2 heterocycles. The van der Waals surface area contributed by atoms with Crippen LogP contribution in [0.5, 0.6) is 5.75 Å². The number of aromatic nitrogens is 3. The van der Waals surface area contributed by atoms with Crippen LogP contribution in [0.25, 0.3) is 0 Å². The lowest BCUT2D eigenvalue weighted by molar-refractivity contribution is -0.121. The zero-order valence-electron chi connectivity index (χ0n) is 18.4. The maximum absolute atomic E-state index is 12.6. The number of carbonyl (C=O) groups is 3. The zero-order valence-corrected chi connectivity index (χ0v) is 19.3. The molecule has 10 heteroatoms. The van der Waals surface area contributed by atoms with Gasteiger partial charge in [0.1, 0.15) is 5.75 Å². The Morgan fingerprint density at radius 1 is 1.15 bits per heavy atom. The molecule has 1 N–H and O–H groups in total. The fourth-order valence-electron chi connectivity index (χ4n) is 3.59. The fourth-order valence-corrected chi connectivity index (χ4v) is 4.31. The Labute approximate surface area is 195 Å². The van der Waals surface area contributed by atoms with Crippen molar-refractivity contribution in [1.82, 2.24) is 14.8 Å². The molecule has 0 saturated carbocycles. The van der Waals surface area contributed by atoms with E-state index >= 15 is 0 Å². The molecule has 0 saturated heterocycles. The highest BCUT2D eigenvalue weighted by molar-refractivity contribution is 7.99. The summed E-state index contributed by atoms with van der Waals surface area (Å²) in [5, 5.41) is 11.9. The van der Waals surface area contributed by atoms with Gasteiger partial charge in [0, 0.05) is 18.3 Å². The molecule has 1 unspecified atom stereocenters. The molecule has 0 aliphatic carbocycles. The van der Waals surface area contributed by atoms with E-state index in [-0.39, 0.29) is 36.0 Å². The van der Waals surface area contributed by atoms with E-state index in [1.807, 2.05) is 38.2 Å². The van der Waals surface area contributed by atoms with Crippen LogP contribution in [-0.4, -0.2) is 44.7 Å². The van der Waals surface area contributed by atoms with Gasteiger partial charge in [-0.05, 0) is 50.2 Å². The van der Waals surface area contributed by atoms with Crippen molar-refractivity contribution in [3.63, 3.8) is 0 Å². The topological polar surface area (TPSA) is 106 Å². The quantitative estimate of drug-likeness (QED) is 0.422. The molecular formula is C23H23N5O4S. The Hall–Kier alpha value is -3.66. The molecule has 1 atom stereocenters. The van der Waals surface area contributed by atoms with E-state index in [4.69, 9.17) is 4.74 Å². The van der Waals surface area contributed by atoms with Crippen molar-refractivity contribution < 1.29 is 19.1 Å². The van der Waals surface area contributed by atoms with Gasteiger partial charge >= 0.3 is 0 Å². The number of para-hydroxylation sites is 2. The Morgan fingerprint density at radius 3 is 2.61 bits per heavy atom. The summed E-state index contributed by atoms with van der Waals surface area (Å²) < 4.78 is 7.31. The molecule has 1 aromatic heterocycles. The van der Waals surface area contributed by atoms with Gasteiger partial charge in [0.25, 0.3) is 5.91 Å². The lowest BCUT2D eigenvalue weighted by Gasteiger charge is -2.33. The number of nitrogens with zero attached hydrogens (tertiary/aromatic N) is 4. The van der Waals surface area contributed by atoms with Crippen LogP contribution in [0.3, 0.4) is 0 Å². The maximum atomic E-state index is 12.6. The number of anilines is 2. The monoisotopic (exact) mass is 465 g/mol. The largest absolute Gasteiger partial charge is 0.482 e. The minimum absolute atomic E-state index is 0.0296. The van der Waals surface area contributed by atoms with Crippen LogP contribution in [0, 0.1) is 0 Å². The first-order chi connectivity index (χ1) is 15.8. The molecule has 1 aliphatic rings. The van der Waals surface area contributed by atoms with Gasteiger partial charge in [-0.25, -0.2) is 0 Å². The predicted octanol–water partition coefficient (Wildman–Crippen LogP) is 3.24. The number of ketones is 1. The second kappa shape index (κ2) is 9.45. The third kappa shape index (κ3) is 4.75. The second-order valence-corrected chi connectivity index (χ2v) is 8.51. The third-order valence-corrected chi connectivity index (χ3v) is 6.30. The molecule has 1 aliphatic heterocycles. The van der Waals surface area contributed by atoms with Gasteiger partial charge in [-0.3, -0.25) is 19.3 Å². The summed E-state index contributed by atoms with van der Waals surface area (Å²) >= 11 is 1.25. The van der Waals surface area contributed by atoms with Gasteiger partial charge in [0.2, 0.25) is 5.91 Å². The Kier molecular flexibility index (Phi) is 6.45. The zero-order chi connectivity index (χ0) is 23.5. The van der Waals surface area contributed by atoms with Crippen LogP contribution in [0.15, 0.2) is 53.7 Å². The van der Waals surface area contributed by atoms with Crippen molar-refractivity contribution in [3.05, 3.63) is 59.9 Å². The van der Waals surface area contributed by atoms with Gasteiger partial charge in [-0.2, -0.15) is 0 Å². The number of hydrogen-bond acceptors (Lipinski definition) is 7. The summed E-state index contributed by atoms with van der Waals surface area (Å²) in [6.45, 7) is 3.35. The number of carbonyl (C=O) groups excluding carboxylic acids is 3. The first kappa shape index (κ1) is 22.5. The Balaban J connectivity index is 1.42. The molecule has 4 rings (SSSR count). The van der Waals surface area contributed by atoms with Crippen molar-refractivity contribution in [2.45, 2.75) is 25.0 Å². The average molecular weight is 466 g/mol. The Bertz CT molecular complexity index is 1210. The van der Waals surface area contributed by atoms with Crippen LogP contribution >= 0.6 is 11.8 Å². The molecule has 0 radical (unpaired) electrons. The molecule has 3 aromatic rings. The predicted molar refractivity (Wildman–Crippen MR) is 125 cm³/mol. The van der Waals surface area contributed by atoms with Crippen LogP contribution in [0.4, 0.5) is 11.4 Å².